The molecule has 0 spiro atoms. The molecule has 0 amide bonds. The molecule has 2 aliphatic carbocycles. The second-order valence-electron chi connectivity index (χ2n) is 6.65. The van der Waals surface area contributed by atoms with Crippen molar-refractivity contribution in [2.75, 3.05) is 27.2 Å². The predicted molar refractivity (Wildman–Crippen MR) is 74.1 cm³/mol. The minimum Gasteiger partial charge on any atom is -0.319 e. The molecule has 2 aliphatic rings. The summed E-state index contributed by atoms with van der Waals surface area (Å²) in [6.07, 6.45) is 6.10. The Morgan fingerprint density at radius 2 is 2.00 bits per heavy atom. The molecule has 0 aromatic heterocycles. The Morgan fingerprint density at radius 1 is 1.24 bits per heavy atom. The molecular weight excluding hydrogens is 208 g/mol. The third kappa shape index (κ3) is 3.03. The van der Waals surface area contributed by atoms with Crippen molar-refractivity contribution in [3.05, 3.63) is 0 Å². The average Bonchev–Trinajstić information content (AvgIpc) is 2.90. The first-order chi connectivity index (χ1) is 8.11. The van der Waals surface area contributed by atoms with E-state index in [1.807, 2.05) is 0 Å². The van der Waals surface area contributed by atoms with Crippen molar-refractivity contribution in [3.8, 4) is 0 Å². The first kappa shape index (κ1) is 13.4. The van der Waals surface area contributed by atoms with E-state index in [1.54, 1.807) is 6.42 Å². The molecule has 2 nitrogen and oxygen atoms in total. The highest BCUT2D eigenvalue weighted by Crippen LogP contribution is 2.48. The van der Waals surface area contributed by atoms with Gasteiger partial charge in [0.25, 0.3) is 0 Å². The third-order valence-corrected chi connectivity index (χ3v) is 5.45. The highest BCUT2D eigenvalue weighted by molar-refractivity contribution is 4.91. The van der Waals surface area contributed by atoms with Crippen LogP contribution < -0.4 is 5.32 Å². The lowest BCUT2D eigenvalue weighted by molar-refractivity contribution is 0.147. The Labute approximate surface area is 107 Å². The second kappa shape index (κ2) is 5.71. The third-order valence-electron chi connectivity index (χ3n) is 5.45. The molecular formula is C15H30N2. The maximum atomic E-state index is 3.30. The lowest BCUT2D eigenvalue weighted by Gasteiger charge is -2.34. The van der Waals surface area contributed by atoms with Gasteiger partial charge < -0.3 is 10.2 Å². The van der Waals surface area contributed by atoms with Gasteiger partial charge in [0.1, 0.15) is 0 Å². The van der Waals surface area contributed by atoms with Crippen molar-refractivity contribution in [3.63, 3.8) is 0 Å². The first-order valence-electron chi connectivity index (χ1n) is 7.46. The molecule has 0 radical (unpaired) electrons. The van der Waals surface area contributed by atoms with Crippen molar-refractivity contribution in [2.24, 2.45) is 23.7 Å². The summed E-state index contributed by atoms with van der Waals surface area (Å²) in [5.41, 5.74) is 0. The summed E-state index contributed by atoms with van der Waals surface area (Å²) in [4.78, 5) is 2.60. The SMILES string of the molecule is CNCC(C)C(C)N(C)CC1CC2CCC1C2. The van der Waals surface area contributed by atoms with Crippen LogP contribution in [0.1, 0.15) is 39.5 Å². The van der Waals surface area contributed by atoms with Gasteiger partial charge in [0.2, 0.25) is 0 Å². The molecule has 2 rings (SSSR count). The molecule has 17 heavy (non-hydrogen) atoms. The van der Waals surface area contributed by atoms with Gasteiger partial charge in [0, 0.05) is 12.6 Å². The van der Waals surface area contributed by atoms with Crippen molar-refractivity contribution in [2.45, 2.75) is 45.6 Å². The van der Waals surface area contributed by atoms with E-state index in [4.69, 9.17) is 0 Å². The van der Waals surface area contributed by atoms with Gasteiger partial charge in [0.15, 0.2) is 0 Å². The zero-order valence-electron chi connectivity index (χ0n) is 12.1. The molecule has 2 heteroatoms. The van der Waals surface area contributed by atoms with Crippen LogP contribution in [0.25, 0.3) is 0 Å². The fourth-order valence-electron chi connectivity index (χ4n) is 4.06. The Balaban J connectivity index is 1.78. The Hall–Kier alpha value is -0.0800. The van der Waals surface area contributed by atoms with Gasteiger partial charge in [-0.15, -0.1) is 0 Å². The van der Waals surface area contributed by atoms with E-state index >= 15 is 0 Å². The fourth-order valence-corrected chi connectivity index (χ4v) is 4.06. The smallest absolute Gasteiger partial charge is 0.0102 e. The van der Waals surface area contributed by atoms with Crippen molar-refractivity contribution in [1.82, 2.24) is 10.2 Å². The summed E-state index contributed by atoms with van der Waals surface area (Å²) in [5, 5.41) is 3.30. The van der Waals surface area contributed by atoms with Crippen LogP contribution in [0.5, 0.6) is 0 Å². The molecule has 2 saturated carbocycles. The standard InChI is InChI=1S/C15H30N2/c1-11(9-16-3)12(2)17(4)10-15-8-13-5-6-14(15)7-13/h11-16H,5-10H2,1-4H3. The lowest BCUT2D eigenvalue weighted by atomic mass is 9.88. The van der Waals surface area contributed by atoms with E-state index in [9.17, 15) is 0 Å². The largest absolute Gasteiger partial charge is 0.319 e. The Bertz CT molecular complexity index is 241. The van der Waals surface area contributed by atoms with Crippen molar-refractivity contribution >= 4 is 0 Å². The first-order valence-corrected chi connectivity index (χ1v) is 7.46. The van der Waals surface area contributed by atoms with E-state index in [0.29, 0.717) is 6.04 Å². The van der Waals surface area contributed by atoms with Crippen molar-refractivity contribution in [1.29, 1.82) is 0 Å². The topological polar surface area (TPSA) is 15.3 Å². The molecule has 0 aromatic rings. The van der Waals surface area contributed by atoms with E-state index in [1.165, 1.54) is 25.8 Å². The normalized spacial score (nSPS) is 35.5. The van der Waals surface area contributed by atoms with Gasteiger partial charge in [-0.3, -0.25) is 0 Å². The molecule has 5 unspecified atom stereocenters. The maximum Gasteiger partial charge on any atom is 0.0102 e. The van der Waals surface area contributed by atoms with Crippen molar-refractivity contribution < 1.29 is 0 Å². The van der Waals surface area contributed by atoms with Crippen LogP contribution in [0.4, 0.5) is 0 Å². The molecule has 1 N–H and O–H groups in total. The summed E-state index contributed by atoms with van der Waals surface area (Å²) in [6.45, 7) is 7.20. The number of hydrogen-bond donors (Lipinski definition) is 1. The molecule has 0 saturated heterocycles. The molecule has 0 aliphatic heterocycles. The quantitative estimate of drug-likeness (QED) is 0.765. The molecule has 2 fully saturated rings. The van der Waals surface area contributed by atoms with Crippen LogP contribution in [0.2, 0.25) is 0 Å². The number of nitrogens with zero attached hydrogens (tertiary/aromatic N) is 1. The van der Waals surface area contributed by atoms with Gasteiger partial charge in [-0.1, -0.05) is 13.3 Å². The minimum absolute atomic E-state index is 0.696. The second-order valence-corrected chi connectivity index (χ2v) is 6.65. The number of hydrogen-bond acceptors (Lipinski definition) is 2. The summed E-state index contributed by atoms with van der Waals surface area (Å²) >= 11 is 0. The molecule has 0 heterocycles. The van der Waals surface area contributed by atoms with Crippen LogP contribution in [0, 0.1) is 23.7 Å². The van der Waals surface area contributed by atoms with Crippen LogP contribution in [0.15, 0.2) is 0 Å². The fraction of sp³-hybridized carbons (Fsp3) is 1.00. The summed E-state index contributed by atoms with van der Waals surface area (Å²) in [6, 6.07) is 0.696. The maximum absolute atomic E-state index is 3.30. The van der Waals surface area contributed by atoms with Crippen LogP contribution >= 0.6 is 0 Å². The van der Waals surface area contributed by atoms with Crippen LogP contribution in [-0.4, -0.2) is 38.1 Å². The van der Waals surface area contributed by atoms with Gasteiger partial charge in [-0.05, 0) is 70.5 Å². The number of fused-ring (bicyclic) bond motifs is 2. The minimum atomic E-state index is 0.696. The summed E-state index contributed by atoms with van der Waals surface area (Å²) in [5.74, 6) is 3.89. The Kier molecular flexibility index (Phi) is 4.48. The monoisotopic (exact) mass is 238 g/mol. The molecule has 0 aromatic carbocycles. The van der Waals surface area contributed by atoms with Gasteiger partial charge in [-0.2, -0.15) is 0 Å². The highest BCUT2D eigenvalue weighted by Gasteiger charge is 2.40. The molecule has 5 atom stereocenters. The van der Waals surface area contributed by atoms with E-state index in [0.717, 1.165) is 30.2 Å². The van der Waals surface area contributed by atoms with E-state index < -0.39 is 0 Å². The number of rotatable bonds is 6. The van der Waals surface area contributed by atoms with Gasteiger partial charge in [0.05, 0.1) is 0 Å². The zero-order valence-corrected chi connectivity index (χ0v) is 12.1. The molecule has 2 bridgehead atoms. The van der Waals surface area contributed by atoms with E-state index in [2.05, 4.69) is 38.2 Å². The van der Waals surface area contributed by atoms with Crippen LogP contribution in [0.3, 0.4) is 0 Å². The predicted octanol–water partition coefficient (Wildman–Crippen LogP) is 2.60. The van der Waals surface area contributed by atoms with E-state index in [-0.39, 0.29) is 0 Å². The highest BCUT2D eigenvalue weighted by atomic mass is 15.1. The van der Waals surface area contributed by atoms with Crippen LogP contribution in [-0.2, 0) is 0 Å². The summed E-state index contributed by atoms with van der Waals surface area (Å²) < 4.78 is 0. The zero-order chi connectivity index (χ0) is 12.4. The molecule has 100 valence electrons. The number of nitrogens with one attached hydrogen (secondary N) is 1. The average molecular weight is 238 g/mol. The van der Waals surface area contributed by atoms with Gasteiger partial charge in [-0.25, -0.2) is 0 Å². The van der Waals surface area contributed by atoms with Gasteiger partial charge >= 0.3 is 0 Å². The summed E-state index contributed by atoms with van der Waals surface area (Å²) in [7, 11) is 4.38. The Morgan fingerprint density at radius 3 is 2.53 bits per heavy atom. The lowest BCUT2D eigenvalue weighted by Crippen LogP contribution is -2.41.